The van der Waals surface area contributed by atoms with Crippen LogP contribution in [0.25, 0.3) is 0 Å². The predicted octanol–water partition coefficient (Wildman–Crippen LogP) is 3.35. The molecular formula is C15H23FN2. The molecule has 0 bridgehead atoms. The summed E-state index contributed by atoms with van der Waals surface area (Å²) in [5, 5.41) is 3.45. The summed E-state index contributed by atoms with van der Waals surface area (Å²) in [4.78, 5) is 4.31. The average molecular weight is 250 g/mol. The molecule has 0 saturated heterocycles. The molecular weight excluding hydrogens is 227 g/mol. The highest BCUT2D eigenvalue weighted by atomic mass is 19.1. The van der Waals surface area contributed by atoms with Crippen LogP contribution in [0.1, 0.15) is 45.2 Å². The quantitative estimate of drug-likeness (QED) is 0.886. The van der Waals surface area contributed by atoms with Gasteiger partial charge in [0.15, 0.2) is 0 Å². The molecule has 1 aromatic rings. The molecule has 1 saturated carbocycles. The number of nitrogens with zero attached hydrogens (tertiary/aromatic N) is 1. The molecule has 0 radical (unpaired) electrons. The molecule has 1 N–H and O–H groups in total. The van der Waals surface area contributed by atoms with Gasteiger partial charge in [0.05, 0.1) is 6.20 Å². The van der Waals surface area contributed by atoms with Gasteiger partial charge in [-0.3, -0.25) is 4.98 Å². The minimum Gasteiger partial charge on any atom is -0.316 e. The van der Waals surface area contributed by atoms with Crippen molar-refractivity contribution in [3.05, 3.63) is 29.8 Å². The van der Waals surface area contributed by atoms with Crippen LogP contribution in [0.15, 0.2) is 18.3 Å². The van der Waals surface area contributed by atoms with Gasteiger partial charge in [-0.05, 0) is 43.4 Å². The first-order chi connectivity index (χ1) is 8.60. The maximum atomic E-state index is 13.0. The summed E-state index contributed by atoms with van der Waals surface area (Å²) >= 11 is 0. The predicted molar refractivity (Wildman–Crippen MR) is 72.0 cm³/mol. The molecule has 3 unspecified atom stereocenters. The van der Waals surface area contributed by atoms with Gasteiger partial charge in [0, 0.05) is 17.7 Å². The van der Waals surface area contributed by atoms with Gasteiger partial charge in [-0.2, -0.15) is 0 Å². The van der Waals surface area contributed by atoms with E-state index >= 15 is 0 Å². The largest absolute Gasteiger partial charge is 0.316 e. The smallest absolute Gasteiger partial charge is 0.141 e. The van der Waals surface area contributed by atoms with Crippen molar-refractivity contribution in [2.45, 2.75) is 45.6 Å². The fraction of sp³-hybridized carbons (Fsp3) is 0.667. The second kappa shape index (κ2) is 4.96. The van der Waals surface area contributed by atoms with Crippen LogP contribution >= 0.6 is 0 Å². The molecule has 3 atom stereocenters. The minimum absolute atomic E-state index is 0.255. The Balaban J connectivity index is 2.34. The number of hydrogen-bond donors (Lipinski definition) is 1. The molecule has 0 spiro atoms. The zero-order valence-electron chi connectivity index (χ0n) is 11.7. The summed E-state index contributed by atoms with van der Waals surface area (Å²) in [5.41, 5.74) is 1.30. The number of pyridine rings is 1. The standard InChI is InChI=1S/C15H23FN2/c1-5-15(6-2)13(10(3)14(15)17-4)12-8-7-11(16)9-18-12/h7-10,13-14,17H,5-6H2,1-4H3. The summed E-state index contributed by atoms with van der Waals surface area (Å²) in [5.74, 6) is 0.730. The van der Waals surface area contributed by atoms with Gasteiger partial charge >= 0.3 is 0 Å². The topological polar surface area (TPSA) is 24.9 Å². The molecule has 1 aliphatic carbocycles. The van der Waals surface area contributed by atoms with Crippen LogP contribution in [-0.2, 0) is 0 Å². The molecule has 2 nitrogen and oxygen atoms in total. The van der Waals surface area contributed by atoms with Gasteiger partial charge in [0.1, 0.15) is 5.82 Å². The number of aromatic nitrogens is 1. The molecule has 3 heteroatoms. The lowest BCUT2D eigenvalue weighted by Crippen LogP contribution is -2.63. The second-order valence-electron chi connectivity index (χ2n) is 5.44. The first-order valence-electron chi connectivity index (χ1n) is 6.89. The Kier molecular flexibility index (Phi) is 3.71. The summed E-state index contributed by atoms with van der Waals surface area (Å²) in [7, 11) is 2.04. The van der Waals surface area contributed by atoms with E-state index in [1.165, 1.54) is 12.3 Å². The highest BCUT2D eigenvalue weighted by molar-refractivity contribution is 5.25. The Morgan fingerprint density at radius 3 is 2.44 bits per heavy atom. The monoisotopic (exact) mass is 250 g/mol. The third kappa shape index (κ3) is 1.76. The zero-order valence-corrected chi connectivity index (χ0v) is 11.7. The Morgan fingerprint density at radius 1 is 1.33 bits per heavy atom. The van der Waals surface area contributed by atoms with Crippen molar-refractivity contribution in [1.29, 1.82) is 0 Å². The van der Waals surface area contributed by atoms with Gasteiger partial charge in [-0.1, -0.05) is 20.8 Å². The molecule has 1 aromatic heterocycles. The second-order valence-corrected chi connectivity index (χ2v) is 5.44. The number of hydrogen-bond acceptors (Lipinski definition) is 2. The van der Waals surface area contributed by atoms with Crippen molar-refractivity contribution in [2.24, 2.45) is 11.3 Å². The van der Waals surface area contributed by atoms with Crippen molar-refractivity contribution < 1.29 is 4.39 Å². The van der Waals surface area contributed by atoms with Crippen LogP contribution in [0.2, 0.25) is 0 Å². The van der Waals surface area contributed by atoms with Gasteiger partial charge < -0.3 is 5.32 Å². The summed E-state index contributed by atoms with van der Waals surface area (Å²) in [6.07, 6.45) is 3.59. The lowest BCUT2D eigenvalue weighted by molar-refractivity contribution is -0.0377. The Labute approximate surface area is 109 Å². The Morgan fingerprint density at radius 2 is 2.00 bits per heavy atom. The van der Waals surface area contributed by atoms with E-state index in [2.05, 4.69) is 31.1 Å². The van der Waals surface area contributed by atoms with E-state index in [0.717, 1.165) is 18.5 Å². The van der Waals surface area contributed by atoms with Gasteiger partial charge in [0.2, 0.25) is 0 Å². The third-order valence-electron chi connectivity index (χ3n) is 4.99. The highest BCUT2D eigenvalue weighted by Gasteiger charge is 2.57. The molecule has 0 aliphatic heterocycles. The molecule has 1 heterocycles. The van der Waals surface area contributed by atoms with Crippen LogP contribution in [0.5, 0.6) is 0 Å². The molecule has 100 valence electrons. The lowest BCUT2D eigenvalue weighted by atomic mass is 9.47. The van der Waals surface area contributed by atoms with Crippen LogP contribution in [0.4, 0.5) is 4.39 Å². The molecule has 0 amide bonds. The van der Waals surface area contributed by atoms with E-state index in [9.17, 15) is 4.39 Å². The number of nitrogens with one attached hydrogen (secondary N) is 1. The molecule has 2 rings (SSSR count). The minimum atomic E-state index is -0.255. The normalized spacial score (nSPS) is 29.9. The first-order valence-corrected chi connectivity index (χ1v) is 6.89. The van der Waals surface area contributed by atoms with Crippen molar-refractivity contribution >= 4 is 0 Å². The van der Waals surface area contributed by atoms with E-state index in [0.29, 0.717) is 17.9 Å². The van der Waals surface area contributed by atoms with Gasteiger partial charge in [-0.15, -0.1) is 0 Å². The van der Waals surface area contributed by atoms with Crippen molar-refractivity contribution in [2.75, 3.05) is 7.05 Å². The zero-order chi connectivity index (χ0) is 13.3. The summed E-state index contributed by atoms with van der Waals surface area (Å²) < 4.78 is 13.0. The fourth-order valence-electron chi connectivity index (χ4n) is 4.13. The van der Waals surface area contributed by atoms with Crippen LogP contribution in [0, 0.1) is 17.2 Å². The van der Waals surface area contributed by atoms with Gasteiger partial charge in [-0.25, -0.2) is 4.39 Å². The number of halogens is 1. The highest BCUT2D eigenvalue weighted by Crippen LogP contribution is 2.60. The first kappa shape index (κ1) is 13.5. The summed E-state index contributed by atoms with van der Waals surface area (Å²) in [6, 6.07) is 3.91. The van der Waals surface area contributed by atoms with Crippen LogP contribution < -0.4 is 5.32 Å². The maximum Gasteiger partial charge on any atom is 0.141 e. The summed E-state index contributed by atoms with van der Waals surface area (Å²) in [6.45, 7) is 6.76. The molecule has 1 aliphatic rings. The van der Waals surface area contributed by atoms with E-state index in [1.54, 1.807) is 0 Å². The molecule has 18 heavy (non-hydrogen) atoms. The average Bonchev–Trinajstić information content (AvgIpc) is 2.38. The Bertz CT molecular complexity index is 397. The van der Waals surface area contributed by atoms with E-state index in [-0.39, 0.29) is 11.2 Å². The van der Waals surface area contributed by atoms with Crippen LogP contribution in [0.3, 0.4) is 0 Å². The van der Waals surface area contributed by atoms with E-state index in [1.807, 2.05) is 13.1 Å². The third-order valence-corrected chi connectivity index (χ3v) is 4.99. The van der Waals surface area contributed by atoms with Crippen LogP contribution in [-0.4, -0.2) is 18.1 Å². The number of rotatable bonds is 4. The Hall–Kier alpha value is -0.960. The molecule has 0 aromatic carbocycles. The maximum absolute atomic E-state index is 13.0. The van der Waals surface area contributed by atoms with Crippen molar-refractivity contribution in [3.63, 3.8) is 0 Å². The van der Waals surface area contributed by atoms with Crippen molar-refractivity contribution in [1.82, 2.24) is 10.3 Å². The van der Waals surface area contributed by atoms with E-state index in [4.69, 9.17) is 0 Å². The van der Waals surface area contributed by atoms with Crippen molar-refractivity contribution in [3.8, 4) is 0 Å². The van der Waals surface area contributed by atoms with Gasteiger partial charge in [0.25, 0.3) is 0 Å². The molecule has 1 fully saturated rings. The SMILES string of the molecule is CCC1(CC)C(NC)C(C)C1c1ccc(F)cn1. The lowest BCUT2D eigenvalue weighted by Gasteiger charge is -2.60. The van der Waals surface area contributed by atoms with E-state index < -0.39 is 0 Å². The fourth-order valence-corrected chi connectivity index (χ4v) is 4.13.